The lowest BCUT2D eigenvalue weighted by atomic mass is 9.98. The van der Waals surface area contributed by atoms with Crippen molar-refractivity contribution >= 4 is 53.8 Å². The molecule has 0 radical (unpaired) electrons. The molecule has 0 N–H and O–H groups in total. The molecule has 3 heteroatoms. The molecule has 0 saturated heterocycles. The third-order valence-electron chi connectivity index (χ3n) is 3.97. The van der Waals surface area contributed by atoms with Crippen LogP contribution in [0.4, 0.5) is 0 Å². The first kappa shape index (κ1) is 15.1. The highest BCUT2D eigenvalue weighted by Crippen LogP contribution is 2.43. The number of fused-ring (bicyclic) bond motifs is 3. The molecule has 0 bridgehead atoms. The summed E-state index contributed by atoms with van der Waals surface area (Å²) in [4.78, 5) is 0. The molecule has 1 nitrogen and oxygen atoms in total. The molecule has 0 unspecified atom stereocenters. The van der Waals surface area contributed by atoms with Gasteiger partial charge < -0.3 is 4.42 Å². The van der Waals surface area contributed by atoms with E-state index in [1.165, 1.54) is 21.9 Å². The topological polar surface area (TPSA) is 13.1 Å². The van der Waals surface area contributed by atoms with Crippen molar-refractivity contribution in [2.75, 3.05) is 0 Å². The minimum Gasteiger partial charge on any atom is -0.455 e. The molecule has 1 aromatic heterocycles. The summed E-state index contributed by atoms with van der Waals surface area (Å²) in [6.07, 6.45) is 0. The maximum atomic E-state index is 6.34. The molecule has 3 rings (SSSR count). The molecule has 21 heavy (non-hydrogen) atoms. The number of halogens is 2. The minimum atomic E-state index is 0.433. The lowest BCUT2D eigenvalue weighted by molar-refractivity contribution is 0.646. The van der Waals surface area contributed by atoms with Gasteiger partial charge in [-0.3, -0.25) is 0 Å². The Morgan fingerprint density at radius 3 is 1.43 bits per heavy atom. The Morgan fingerprint density at radius 2 is 1.10 bits per heavy atom. The highest BCUT2D eigenvalue weighted by atomic mass is 79.9. The van der Waals surface area contributed by atoms with E-state index in [1.54, 1.807) is 0 Å². The molecule has 0 aliphatic rings. The van der Waals surface area contributed by atoms with Gasteiger partial charge in [0.1, 0.15) is 11.2 Å². The average molecular weight is 410 g/mol. The summed E-state index contributed by atoms with van der Waals surface area (Å²) in [7, 11) is 0. The zero-order valence-corrected chi connectivity index (χ0v) is 15.8. The zero-order valence-electron chi connectivity index (χ0n) is 12.6. The number of furan rings is 1. The molecule has 0 spiro atoms. The summed E-state index contributed by atoms with van der Waals surface area (Å²) in [5.41, 5.74) is 4.52. The smallest absolute Gasteiger partial charge is 0.140 e. The van der Waals surface area contributed by atoms with Crippen molar-refractivity contribution < 1.29 is 4.42 Å². The van der Waals surface area contributed by atoms with Gasteiger partial charge in [0.2, 0.25) is 0 Å². The molecule has 0 atom stereocenters. The third kappa shape index (κ3) is 2.35. The second-order valence-electron chi connectivity index (χ2n) is 6.09. The van der Waals surface area contributed by atoms with E-state index < -0.39 is 0 Å². The van der Waals surface area contributed by atoms with Crippen molar-refractivity contribution in [3.63, 3.8) is 0 Å². The van der Waals surface area contributed by atoms with Gasteiger partial charge in [0.25, 0.3) is 0 Å². The predicted octanol–water partition coefficient (Wildman–Crippen LogP) is 7.36. The fraction of sp³-hybridized carbons (Fsp3) is 0.333. The van der Waals surface area contributed by atoms with E-state index in [2.05, 4.69) is 83.8 Å². The number of hydrogen-bond donors (Lipinski definition) is 0. The Hall–Kier alpha value is -0.800. The number of rotatable bonds is 2. The van der Waals surface area contributed by atoms with Crippen LogP contribution in [-0.2, 0) is 0 Å². The van der Waals surface area contributed by atoms with E-state index in [-0.39, 0.29) is 0 Å². The summed E-state index contributed by atoms with van der Waals surface area (Å²) in [5.74, 6) is 0.866. The van der Waals surface area contributed by atoms with Gasteiger partial charge in [0, 0.05) is 19.7 Å². The van der Waals surface area contributed by atoms with Gasteiger partial charge in [0.05, 0.1) is 0 Å². The fourth-order valence-electron chi connectivity index (χ4n) is 2.85. The molecule has 3 aromatic rings. The van der Waals surface area contributed by atoms with Gasteiger partial charge in [-0.05, 0) is 35.1 Å². The average Bonchev–Trinajstić information content (AvgIpc) is 2.80. The van der Waals surface area contributed by atoms with E-state index in [4.69, 9.17) is 4.42 Å². The monoisotopic (exact) mass is 408 g/mol. The van der Waals surface area contributed by atoms with Crippen LogP contribution in [0.1, 0.15) is 50.7 Å². The molecule has 0 aliphatic heterocycles. The Morgan fingerprint density at radius 1 is 0.714 bits per heavy atom. The van der Waals surface area contributed by atoms with Crippen LogP contribution in [0.3, 0.4) is 0 Å². The van der Waals surface area contributed by atoms with E-state index in [0.29, 0.717) is 11.8 Å². The quantitative estimate of drug-likeness (QED) is 0.430. The van der Waals surface area contributed by atoms with E-state index in [0.717, 1.165) is 20.1 Å². The summed E-state index contributed by atoms with van der Waals surface area (Å²) in [6.45, 7) is 8.81. The van der Waals surface area contributed by atoms with Gasteiger partial charge in [-0.25, -0.2) is 0 Å². The number of hydrogen-bond acceptors (Lipinski definition) is 1. The van der Waals surface area contributed by atoms with Gasteiger partial charge in [-0.1, -0.05) is 71.7 Å². The first-order valence-corrected chi connectivity index (χ1v) is 8.83. The maximum Gasteiger partial charge on any atom is 0.140 e. The largest absolute Gasteiger partial charge is 0.455 e. The summed E-state index contributed by atoms with van der Waals surface area (Å²) >= 11 is 7.39. The van der Waals surface area contributed by atoms with Crippen LogP contribution in [0.2, 0.25) is 0 Å². The van der Waals surface area contributed by atoms with Crippen LogP contribution in [0.25, 0.3) is 21.9 Å². The molecule has 110 valence electrons. The van der Waals surface area contributed by atoms with Crippen LogP contribution in [0.5, 0.6) is 0 Å². The molecule has 1 heterocycles. The molecule has 0 aliphatic carbocycles. The molecule has 2 aromatic carbocycles. The Balaban J connectivity index is 2.56. The van der Waals surface area contributed by atoms with Gasteiger partial charge in [-0.2, -0.15) is 0 Å². The Bertz CT molecular complexity index is 760. The second kappa shape index (κ2) is 5.44. The van der Waals surface area contributed by atoms with E-state index in [1.807, 2.05) is 0 Å². The van der Waals surface area contributed by atoms with E-state index >= 15 is 0 Å². The standard InChI is InChI=1S/C18H18Br2O/c1-9(2)11-5-7-13(19)15-16-14(20)8-6-12(10(3)4)18(16)21-17(11)15/h5-10H,1-4H3. The summed E-state index contributed by atoms with van der Waals surface area (Å²) < 4.78 is 8.51. The Kier molecular flexibility index (Phi) is 3.91. The first-order chi connectivity index (χ1) is 9.91. The normalized spacial score (nSPS) is 12.2. The van der Waals surface area contributed by atoms with E-state index in [9.17, 15) is 0 Å². The summed E-state index contributed by atoms with van der Waals surface area (Å²) in [6, 6.07) is 8.56. The van der Waals surface area contributed by atoms with Crippen LogP contribution in [0, 0.1) is 0 Å². The predicted molar refractivity (Wildman–Crippen MR) is 97.3 cm³/mol. The van der Waals surface area contributed by atoms with Crippen molar-refractivity contribution in [2.24, 2.45) is 0 Å². The highest BCUT2D eigenvalue weighted by molar-refractivity contribution is 9.11. The highest BCUT2D eigenvalue weighted by Gasteiger charge is 2.20. The van der Waals surface area contributed by atoms with Crippen molar-refractivity contribution in [1.82, 2.24) is 0 Å². The minimum absolute atomic E-state index is 0.433. The number of benzene rings is 2. The maximum absolute atomic E-state index is 6.34. The van der Waals surface area contributed by atoms with Crippen molar-refractivity contribution in [2.45, 2.75) is 39.5 Å². The van der Waals surface area contributed by atoms with Gasteiger partial charge in [0.15, 0.2) is 0 Å². The van der Waals surface area contributed by atoms with Crippen LogP contribution in [-0.4, -0.2) is 0 Å². The van der Waals surface area contributed by atoms with Crippen LogP contribution >= 0.6 is 31.9 Å². The lowest BCUT2D eigenvalue weighted by Gasteiger charge is -2.06. The van der Waals surface area contributed by atoms with Gasteiger partial charge >= 0.3 is 0 Å². The van der Waals surface area contributed by atoms with Crippen molar-refractivity contribution in [3.8, 4) is 0 Å². The molecule has 0 amide bonds. The second-order valence-corrected chi connectivity index (χ2v) is 7.80. The van der Waals surface area contributed by atoms with Gasteiger partial charge in [-0.15, -0.1) is 0 Å². The molecule has 0 saturated carbocycles. The molecular formula is C18H18Br2O. The van der Waals surface area contributed by atoms with Crippen molar-refractivity contribution in [3.05, 3.63) is 44.3 Å². The van der Waals surface area contributed by atoms with Crippen molar-refractivity contribution in [1.29, 1.82) is 0 Å². The Labute approximate surface area is 142 Å². The molecule has 0 fully saturated rings. The van der Waals surface area contributed by atoms with Crippen LogP contribution in [0.15, 0.2) is 37.6 Å². The fourth-order valence-corrected chi connectivity index (χ4v) is 3.87. The first-order valence-electron chi connectivity index (χ1n) is 7.24. The third-order valence-corrected chi connectivity index (χ3v) is 5.29. The molecular weight excluding hydrogens is 392 g/mol. The van der Waals surface area contributed by atoms with Crippen LogP contribution < -0.4 is 0 Å². The SMILES string of the molecule is CC(C)c1ccc(Br)c2c1oc1c(C(C)C)ccc(Br)c12. The zero-order chi connectivity index (χ0) is 15.3. The summed E-state index contributed by atoms with van der Waals surface area (Å²) in [5, 5.41) is 2.34. The lowest BCUT2D eigenvalue weighted by Crippen LogP contribution is -1.87.